The van der Waals surface area contributed by atoms with Crippen LogP contribution < -0.4 is 10.6 Å². The minimum Gasteiger partial charge on any atom is -0.445 e. The van der Waals surface area contributed by atoms with Gasteiger partial charge in [-0.3, -0.25) is 9.59 Å². The summed E-state index contributed by atoms with van der Waals surface area (Å²) in [4.78, 5) is 39.7. The number of hydrogen-bond donors (Lipinski definition) is 2. The average molecular weight is 607 g/mol. The van der Waals surface area contributed by atoms with Crippen molar-refractivity contribution in [1.82, 2.24) is 15.5 Å². The first kappa shape index (κ1) is 35.0. The number of hydrogen-bond acceptors (Lipinski definition) is 7. The molecule has 0 bridgehead atoms. The van der Waals surface area contributed by atoms with Crippen LogP contribution in [-0.4, -0.2) is 61.4 Å². The van der Waals surface area contributed by atoms with E-state index in [4.69, 9.17) is 14.2 Å². The zero-order chi connectivity index (χ0) is 31.8. The van der Waals surface area contributed by atoms with Crippen molar-refractivity contribution in [3.63, 3.8) is 0 Å². The number of alkyl halides is 3. The van der Waals surface area contributed by atoms with Gasteiger partial charge in [0.05, 0.1) is 24.6 Å². The Morgan fingerprint density at radius 1 is 1.02 bits per heavy atom. The fraction of sp³-hybridized carbons (Fsp3) is 0.467. The number of nitrogens with one attached hydrogen (secondary N) is 2. The molecule has 0 saturated heterocycles. The Morgan fingerprint density at radius 2 is 1.70 bits per heavy atom. The maximum atomic E-state index is 13.5. The second-order valence-electron chi connectivity index (χ2n) is 9.48. The van der Waals surface area contributed by atoms with Crippen LogP contribution in [0.2, 0.25) is 0 Å². The summed E-state index contributed by atoms with van der Waals surface area (Å²) >= 11 is 0. The number of nitriles is 1. The van der Waals surface area contributed by atoms with Crippen LogP contribution in [-0.2, 0) is 43.1 Å². The first-order valence-electron chi connectivity index (χ1n) is 13.8. The lowest BCUT2D eigenvalue weighted by Gasteiger charge is -2.30. The quantitative estimate of drug-likeness (QED) is 0.270. The summed E-state index contributed by atoms with van der Waals surface area (Å²) in [6.45, 7) is 5.47. The number of ether oxygens (including phenoxy) is 3. The molecule has 2 aromatic rings. The highest BCUT2D eigenvalue weighted by Crippen LogP contribution is 2.30. The van der Waals surface area contributed by atoms with E-state index in [1.54, 1.807) is 13.8 Å². The molecule has 0 fully saturated rings. The van der Waals surface area contributed by atoms with E-state index in [2.05, 4.69) is 10.6 Å². The van der Waals surface area contributed by atoms with Crippen molar-refractivity contribution in [3.8, 4) is 6.07 Å². The molecule has 0 saturated carbocycles. The summed E-state index contributed by atoms with van der Waals surface area (Å²) in [5.74, 6) is -1.11. The molecule has 10 nitrogen and oxygen atoms in total. The topological polar surface area (TPSA) is 130 Å². The normalized spacial score (nSPS) is 11.9. The van der Waals surface area contributed by atoms with Crippen molar-refractivity contribution < 1.29 is 41.8 Å². The monoisotopic (exact) mass is 606 g/mol. The lowest BCUT2D eigenvalue weighted by molar-refractivity contribution is -0.161. The molecule has 43 heavy (non-hydrogen) atoms. The van der Waals surface area contributed by atoms with Crippen molar-refractivity contribution in [2.75, 3.05) is 26.3 Å². The summed E-state index contributed by atoms with van der Waals surface area (Å²) in [5.41, 5.74) is 0.501. The number of carbonyl (C=O) groups excluding carboxylic acids is 3. The molecule has 0 aliphatic heterocycles. The first-order valence-corrected chi connectivity index (χ1v) is 13.8. The summed E-state index contributed by atoms with van der Waals surface area (Å²) in [7, 11) is 0. The third-order valence-electron chi connectivity index (χ3n) is 5.99. The Labute approximate surface area is 249 Å². The van der Waals surface area contributed by atoms with Gasteiger partial charge < -0.3 is 29.7 Å². The van der Waals surface area contributed by atoms with Crippen LogP contribution in [0.25, 0.3) is 0 Å². The van der Waals surface area contributed by atoms with Crippen molar-refractivity contribution in [1.29, 1.82) is 5.26 Å². The van der Waals surface area contributed by atoms with Gasteiger partial charge in [-0.1, -0.05) is 42.0 Å². The zero-order valence-corrected chi connectivity index (χ0v) is 24.4. The number of nitrogens with zero attached hydrogens (tertiary/aromatic N) is 2. The number of rotatable bonds is 16. The Bertz CT molecular complexity index is 1230. The van der Waals surface area contributed by atoms with Crippen LogP contribution in [0, 0.1) is 18.3 Å². The molecule has 1 atom stereocenters. The number of alkyl carbamates (subject to hydrolysis) is 1. The number of aryl methyl sites for hydroxylation is 1. The number of amides is 3. The van der Waals surface area contributed by atoms with E-state index in [1.807, 2.05) is 36.4 Å². The maximum absolute atomic E-state index is 13.5. The predicted molar refractivity (Wildman–Crippen MR) is 150 cm³/mol. The van der Waals surface area contributed by atoms with E-state index in [-0.39, 0.29) is 38.0 Å². The Hall–Kier alpha value is -4.15. The minimum absolute atomic E-state index is 0.0615. The highest BCUT2D eigenvalue weighted by molar-refractivity contribution is 5.88. The van der Waals surface area contributed by atoms with Gasteiger partial charge in [-0.2, -0.15) is 18.4 Å². The number of benzene rings is 2. The standard InChI is InChI=1S/C30H37F3N4O6/c1-4-41-27(42-5-2)19-37(18-22-9-7-6-8-10-22)28(39)25(11-13-34)36-26(38)12-14-35-29(40)43-20-23-15-21(3)16-24(17-23)30(31,32)33/h6-10,15-17,25,27H,4-5,11-12,14,18-20H2,1-3H3,(H,35,40)(H,36,38). The van der Waals surface area contributed by atoms with Gasteiger partial charge in [0.15, 0.2) is 6.29 Å². The predicted octanol–water partition coefficient (Wildman–Crippen LogP) is 4.46. The smallest absolute Gasteiger partial charge is 0.416 e. The molecule has 2 rings (SSSR count). The van der Waals surface area contributed by atoms with Gasteiger partial charge in [0.1, 0.15) is 12.6 Å². The van der Waals surface area contributed by atoms with Gasteiger partial charge in [0.25, 0.3) is 0 Å². The molecule has 3 amide bonds. The summed E-state index contributed by atoms with van der Waals surface area (Å²) < 4.78 is 55.3. The molecule has 13 heteroatoms. The number of halogens is 3. The van der Waals surface area contributed by atoms with Gasteiger partial charge in [0, 0.05) is 32.7 Å². The maximum Gasteiger partial charge on any atom is 0.416 e. The second-order valence-corrected chi connectivity index (χ2v) is 9.48. The van der Waals surface area contributed by atoms with E-state index < -0.39 is 48.6 Å². The van der Waals surface area contributed by atoms with Crippen molar-refractivity contribution in [2.45, 2.75) is 65.3 Å². The molecular formula is C30H37F3N4O6. The largest absolute Gasteiger partial charge is 0.445 e. The molecule has 2 aromatic carbocycles. The fourth-order valence-electron chi connectivity index (χ4n) is 4.11. The molecule has 0 heterocycles. The molecule has 0 aliphatic carbocycles. The minimum atomic E-state index is -4.53. The van der Waals surface area contributed by atoms with Gasteiger partial charge in [-0.15, -0.1) is 0 Å². The van der Waals surface area contributed by atoms with Crippen LogP contribution in [0.5, 0.6) is 0 Å². The van der Waals surface area contributed by atoms with Crippen molar-refractivity contribution in [2.24, 2.45) is 0 Å². The van der Waals surface area contributed by atoms with Gasteiger partial charge >= 0.3 is 12.3 Å². The molecule has 1 unspecified atom stereocenters. The Balaban J connectivity index is 1.96. The SMILES string of the molecule is CCOC(CN(Cc1ccccc1)C(=O)C(CC#N)NC(=O)CCNC(=O)OCc1cc(C)cc(C(F)(F)F)c1)OCC. The van der Waals surface area contributed by atoms with Gasteiger partial charge in [-0.05, 0) is 44.0 Å². The molecule has 2 N–H and O–H groups in total. The molecule has 234 valence electrons. The third kappa shape index (κ3) is 12.7. The molecule has 0 radical (unpaired) electrons. The highest BCUT2D eigenvalue weighted by atomic mass is 19.4. The van der Waals surface area contributed by atoms with E-state index in [1.165, 1.54) is 17.9 Å². The van der Waals surface area contributed by atoms with E-state index in [0.717, 1.165) is 17.7 Å². The highest BCUT2D eigenvalue weighted by Gasteiger charge is 2.31. The Kier molecular flexibility index (Phi) is 14.4. The van der Waals surface area contributed by atoms with Crippen LogP contribution in [0.1, 0.15) is 48.9 Å². The third-order valence-corrected chi connectivity index (χ3v) is 5.99. The summed E-state index contributed by atoms with van der Waals surface area (Å²) in [6, 6.07) is 13.3. The Morgan fingerprint density at radius 3 is 2.30 bits per heavy atom. The molecule has 0 spiro atoms. The lowest BCUT2D eigenvalue weighted by Crippen LogP contribution is -2.50. The van der Waals surface area contributed by atoms with Gasteiger partial charge in [-0.25, -0.2) is 4.79 Å². The van der Waals surface area contributed by atoms with E-state index in [9.17, 15) is 32.8 Å². The zero-order valence-electron chi connectivity index (χ0n) is 24.4. The van der Waals surface area contributed by atoms with Crippen molar-refractivity contribution >= 4 is 17.9 Å². The van der Waals surface area contributed by atoms with Crippen molar-refractivity contribution in [3.05, 3.63) is 70.8 Å². The van der Waals surface area contributed by atoms with E-state index in [0.29, 0.717) is 18.8 Å². The number of carbonyl (C=O) groups is 3. The van der Waals surface area contributed by atoms with Crippen LogP contribution in [0.4, 0.5) is 18.0 Å². The molecular weight excluding hydrogens is 569 g/mol. The summed E-state index contributed by atoms with van der Waals surface area (Å²) in [5, 5.41) is 14.2. The molecule has 0 aliphatic rings. The fourth-order valence-corrected chi connectivity index (χ4v) is 4.11. The second kappa shape index (κ2) is 17.7. The van der Waals surface area contributed by atoms with E-state index >= 15 is 0 Å². The van der Waals surface area contributed by atoms with Crippen LogP contribution in [0.15, 0.2) is 48.5 Å². The summed E-state index contributed by atoms with van der Waals surface area (Å²) in [6.07, 6.45) is -6.72. The average Bonchev–Trinajstić information content (AvgIpc) is 2.95. The van der Waals surface area contributed by atoms with Crippen LogP contribution in [0.3, 0.4) is 0 Å². The lowest BCUT2D eigenvalue weighted by atomic mass is 10.1. The first-order chi connectivity index (χ1) is 20.5. The van der Waals surface area contributed by atoms with Gasteiger partial charge in [0.2, 0.25) is 11.8 Å². The molecule has 0 aromatic heterocycles. The van der Waals surface area contributed by atoms with Crippen LogP contribution >= 0.6 is 0 Å².